The monoisotopic (exact) mass is 343 g/mol. The lowest BCUT2D eigenvalue weighted by Gasteiger charge is -2.12. The third-order valence-corrected chi connectivity index (χ3v) is 3.25. The summed E-state index contributed by atoms with van der Waals surface area (Å²) in [6.07, 6.45) is 0. The molecule has 0 heterocycles. The first-order chi connectivity index (χ1) is 8.99. The summed E-state index contributed by atoms with van der Waals surface area (Å²) < 4.78 is 14.5. The molecule has 0 aliphatic heterocycles. The molecule has 98 valence electrons. The summed E-state index contributed by atoms with van der Waals surface area (Å²) >= 11 is 9.24. The van der Waals surface area contributed by atoms with Gasteiger partial charge < -0.3 is 10.4 Å². The number of carbonyl (C=O) groups is 1. The van der Waals surface area contributed by atoms with E-state index in [9.17, 15) is 9.18 Å². The van der Waals surface area contributed by atoms with Crippen LogP contribution >= 0.6 is 27.5 Å². The Morgan fingerprint density at radius 2 is 2.05 bits per heavy atom. The van der Waals surface area contributed by atoms with E-state index in [0.717, 1.165) is 4.47 Å². The van der Waals surface area contributed by atoms with Crippen LogP contribution in [0.5, 0.6) is 0 Å². The Morgan fingerprint density at radius 3 is 2.74 bits per heavy atom. The maximum atomic E-state index is 13.7. The van der Waals surface area contributed by atoms with Gasteiger partial charge in [0.1, 0.15) is 5.82 Å². The molecule has 0 unspecified atom stereocenters. The lowest BCUT2D eigenvalue weighted by Crippen LogP contribution is -2.05. The average molecular weight is 345 g/mol. The number of hydrogen-bond donors (Lipinski definition) is 2. The molecule has 0 amide bonds. The number of hydrogen-bond acceptors (Lipinski definition) is 2. The number of carboxylic acids is 1. The fraction of sp³-hybridized carbons (Fsp3) is 0. The number of rotatable bonds is 3. The van der Waals surface area contributed by atoms with Crippen molar-refractivity contribution in [3.63, 3.8) is 0 Å². The molecule has 3 nitrogen and oxygen atoms in total. The summed E-state index contributed by atoms with van der Waals surface area (Å²) in [5, 5.41) is 12.1. The van der Waals surface area contributed by atoms with Crippen LogP contribution in [0.1, 0.15) is 10.4 Å². The second kappa shape index (κ2) is 5.59. The fourth-order valence-electron chi connectivity index (χ4n) is 1.56. The van der Waals surface area contributed by atoms with Crippen molar-refractivity contribution >= 4 is 44.9 Å². The minimum atomic E-state index is -1.21. The zero-order valence-electron chi connectivity index (χ0n) is 9.45. The van der Waals surface area contributed by atoms with Crippen molar-refractivity contribution < 1.29 is 14.3 Å². The van der Waals surface area contributed by atoms with Gasteiger partial charge in [0.25, 0.3) is 0 Å². The largest absolute Gasteiger partial charge is 0.478 e. The van der Waals surface area contributed by atoms with E-state index >= 15 is 0 Å². The van der Waals surface area contributed by atoms with Crippen LogP contribution in [0.4, 0.5) is 15.8 Å². The number of halogens is 3. The number of carboxylic acid groups (broad SMARTS) is 1. The summed E-state index contributed by atoms with van der Waals surface area (Å²) in [6, 6.07) is 8.83. The lowest BCUT2D eigenvalue weighted by atomic mass is 10.1. The maximum absolute atomic E-state index is 13.7. The van der Waals surface area contributed by atoms with Gasteiger partial charge >= 0.3 is 5.97 Å². The van der Waals surface area contributed by atoms with E-state index in [0.29, 0.717) is 10.7 Å². The molecule has 0 bridgehead atoms. The predicted octanol–water partition coefficient (Wildman–Crippen LogP) is 4.68. The molecule has 0 spiro atoms. The van der Waals surface area contributed by atoms with E-state index in [1.54, 1.807) is 18.2 Å². The SMILES string of the molecule is O=C(O)c1cccc(F)c1Nc1cc(Br)ccc1Cl. The first kappa shape index (κ1) is 13.8. The normalized spacial score (nSPS) is 10.3. The van der Waals surface area contributed by atoms with E-state index in [-0.39, 0.29) is 11.3 Å². The summed E-state index contributed by atoms with van der Waals surface area (Å²) in [6.45, 7) is 0. The molecule has 2 N–H and O–H groups in total. The molecule has 0 fully saturated rings. The Bertz CT molecular complexity index is 649. The predicted molar refractivity (Wildman–Crippen MR) is 75.8 cm³/mol. The molecule has 19 heavy (non-hydrogen) atoms. The quantitative estimate of drug-likeness (QED) is 0.849. The molecule has 0 atom stereocenters. The van der Waals surface area contributed by atoms with Crippen LogP contribution in [0.15, 0.2) is 40.9 Å². The molecule has 0 aliphatic rings. The fourth-order valence-corrected chi connectivity index (χ4v) is 2.08. The molecule has 0 aliphatic carbocycles. The van der Waals surface area contributed by atoms with Gasteiger partial charge in [-0.25, -0.2) is 9.18 Å². The summed E-state index contributed by atoms with van der Waals surface area (Å²) in [5.41, 5.74) is 0.148. The van der Waals surface area contributed by atoms with Gasteiger partial charge in [0, 0.05) is 4.47 Å². The van der Waals surface area contributed by atoms with Gasteiger partial charge in [-0.1, -0.05) is 33.6 Å². The third kappa shape index (κ3) is 3.05. The van der Waals surface area contributed by atoms with Crippen molar-refractivity contribution in [2.45, 2.75) is 0 Å². The molecule has 2 aromatic rings. The first-order valence-electron chi connectivity index (χ1n) is 5.23. The Balaban J connectivity index is 2.49. The zero-order valence-corrected chi connectivity index (χ0v) is 11.8. The molecule has 2 rings (SSSR count). The van der Waals surface area contributed by atoms with Crippen molar-refractivity contribution in [1.82, 2.24) is 0 Å². The van der Waals surface area contributed by atoms with Gasteiger partial charge in [0.15, 0.2) is 0 Å². The van der Waals surface area contributed by atoms with Crippen LogP contribution in [0.2, 0.25) is 5.02 Å². The Kier molecular flexibility index (Phi) is 4.07. The molecule has 2 aromatic carbocycles. The van der Waals surface area contributed by atoms with E-state index in [4.69, 9.17) is 16.7 Å². The highest BCUT2D eigenvalue weighted by Gasteiger charge is 2.15. The Hall–Kier alpha value is -1.59. The van der Waals surface area contributed by atoms with E-state index in [2.05, 4.69) is 21.2 Å². The smallest absolute Gasteiger partial charge is 0.337 e. The van der Waals surface area contributed by atoms with Gasteiger partial charge in [-0.3, -0.25) is 0 Å². The van der Waals surface area contributed by atoms with Crippen LogP contribution in [0.3, 0.4) is 0 Å². The number of benzene rings is 2. The summed E-state index contributed by atoms with van der Waals surface area (Å²) in [7, 11) is 0. The van der Waals surface area contributed by atoms with Crippen LogP contribution < -0.4 is 5.32 Å². The minimum absolute atomic E-state index is 0.116. The number of aromatic carboxylic acids is 1. The van der Waals surface area contributed by atoms with Gasteiger partial charge in [-0.2, -0.15) is 0 Å². The number of nitrogens with one attached hydrogen (secondary N) is 1. The summed E-state index contributed by atoms with van der Waals surface area (Å²) in [5.74, 6) is -1.87. The van der Waals surface area contributed by atoms with Crippen molar-refractivity contribution in [3.8, 4) is 0 Å². The van der Waals surface area contributed by atoms with Crippen LogP contribution in [-0.4, -0.2) is 11.1 Å². The van der Waals surface area contributed by atoms with Crippen molar-refractivity contribution in [3.05, 3.63) is 57.3 Å². The van der Waals surface area contributed by atoms with E-state index < -0.39 is 11.8 Å². The van der Waals surface area contributed by atoms with Crippen molar-refractivity contribution in [1.29, 1.82) is 0 Å². The van der Waals surface area contributed by atoms with Gasteiger partial charge in [-0.05, 0) is 30.3 Å². The molecule has 0 radical (unpaired) electrons. The zero-order chi connectivity index (χ0) is 14.0. The van der Waals surface area contributed by atoms with Gasteiger partial charge in [0.05, 0.1) is 22.0 Å². The van der Waals surface area contributed by atoms with Crippen molar-refractivity contribution in [2.24, 2.45) is 0 Å². The first-order valence-corrected chi connectivity index (χ1v) is 6.40. The summed E-state index contributed by atoms with van der Waals surface area (Å²) in [4.78, 5) is 11.1. The second-order valence-corrected chi connectivity index (χ2v) is 5.04. The highest BCUT2D eigenvalue weighted by atomic mass is 79.9. The maximum Gasteiger partial charge on any atom is 0.337 e. The van der Waals surface area contributed by atoms with Gasteiger partial charge in [0.2, 0.25) is 0 Å². The molecular weight excluding hydrogens is 337 g/mol. The third-order valence-electron chi connectivity index (χ3n) is 2.43. The van der Waals surface area contributed by atoms with Crippen LogP contribution in [-0.2, 0) is 0 Å². The molecule has 0 saturated carbocycles. The Labute approximate surface area is 122 Å². The van der Waals surface area contributed by atoms with E-state index in [1.165, 1.54) is 18.2 Å². The highest BCUT2D eigenvalue weighted by molar-refractivity contribution is 9.10. The number of para-hydroxylation sites is 1. The lowest BCUT2D eigenvalue weighted by molar-refractivity contribution is 0.0697. The highest BCUT2D eigenvalue weighted by Crippen LogP contribution is 2.31. The van der Waals surface area contributed by atoms with E-state index in [1.807, 2.05) is 0 Å². The minimum Gasteiger partial charge on any atom is -0.478 e. The standard InChI is InChI=1S/C13H8BrClFNO2/c14-7-4-5-9(15)11(6-7)17-12-8(13(18)19)2-1-3-10(12)16/h1-6,17H,(H,18,19). The molecule has 0 saturated heterocycles. The van der Waals surface area contributed by atoms with Gasteiger partial charge in [-0.15, -0.1) is 0 Å². The van der Waals surface area contributed by atoms with Crippen molar-refractivity contribution in [2.75, 3.05) is 5.32 Å². The molecule has 0 aromatic heterocycles. The Morgan fingerprint density at radius 1 is 1.32 bits per heavy atom. The molecule has 6 heteroatoms. The number of anilines is 2. The topological polar surface area (TPSA) is 49.3 Å². The second-order valence-electron chi connectivity index (χ2n) is 3.72. The van der Waals surface area contributed by atoms with Crippen LogP contribution in [0, 0.1) is 5.82 Å². The average Bonchev–Trinajstić information content (AvgIpc) is 2.35. The molecular formula is C13H8BrClFNO2. The van der Waals surface area contributed by atoms with Crippen LogP contribution in [0.25, 0.3) is 0 Å².